The molecule has 0 spiro atoms. The molecule has 96 valence electrons. The van der Waals surface area contributed by atoms with E-state index in [1.807, 2.05) is 0 Å². The largest absolute Gasteiger partial charge is 0.396 e. The van der Waals surface area contributed by atoms with Gasteiger partial charge in [0.15, 0.2) is 0 Å². The molecule has 2 rings (SSSR count). The second kappa shape index (κ2) is 4.90. The van der Waals surface area contributed by atoms with Crippen LogP contribution >= 0.6 is 11.5 Å². The number of aliphatic hydroxyl groups is 1. The molecule has 1 aromatic heterocycles. The fourth-order valence-electron chi connectivity index (χ4n) is 2.07. The Kier molecular flexibility index (Phi) is 3.68. The maximum Gasteiger partial charge on any atom is 0.205 e. The molecule has 1 N–H and O–H groups in total. The fourth-order valence-corrected chi connectivity index (χ4v) is 2.96. The smallest absolute Gasteiger partial charge is 0.205 e. The summed E-state index contributed by atoms with van der Waals surface area (Å²) in [6, 6.07) is 0. The van der Waals surface area contributed by atoms with Crippen LogP contribution < -0.4 is 4.90 Å². The van der Waals surface area contributed by atoms with Gasteiger partial charge < -0.3 is 10.0 Å². The highest BCUT2D eigenvalue weighted by Gasteiger charge is 2.26. The molecular weight excluding hydrogens is 234 g/mol. The van der Waals surface area contributed by atoms with Crippen molar-refractivity contribution in [2.75, 3.05) is 24.6 Å². The van der Waals surface area contributed by atoms with Crippen molar-refractivity contribution in [3.8, 4) is 0 Å². The van der Waals surface area contributed by atoms with Crippen molar-refractivity contribution in [1.82, 2.24) is 9.36 Å². The van der Waals surface area contributed by atoms with Gasteiger partial charge in [-0.25, -0.2) is 4.98 Å². The molecule has 0 radical (unpaired) electrons. The Morgan fingerprint density at radius 1 is 1.47 bits per heavy atom. The highest BCUT2D eigenvalue weighted by atomic mass is 32.1. The standard InChI is InChI=1S/C12H21N3OS/c1-12(2,3)10-13-11(17-14-10)15-6-4-9(8-15)5-7-16/h9,16H,4-8H2,1-3H3. The van der Waals surface area contributed by atoms with Gasteiger partial charge in [-0.2, -0.15) is 4.37 Å². The quantitative estimate of drug-likeness (QED) is 0.898. The Morgan fingerprint density at radius 2 is 2.24 bits per heavy atom. The van der Waals surface area contributed by atoms with Crippen molar-refractivity contribution in [3.63, 3.8) is 0 Å². The van der Waals surface area contributed by atoms with Crippen LogP contribution in [0, 0.1) is 5.92 Å². The third kappa shape index (κ3) is 2.96. The number of aromatic nitrogens is 2. The lowest BCUT2D eigenvalue weighted by molar-refractivity contribution is 0.263. The first-order valence-corrected chi connectivity index (χ1v) is 6.98. The highest BCUT2D eigenvalue weighted by Crippen LogP contribution is 2.29. The minimum absolute atomic E-state index is 0.0268. The molecule has 1 unspecified atom stereocenters. The minimum Gasteiger partial charge on any atom is -0.396 e. The number of hydrogen-bond donors (Lipinski definition) is 1. The zero-order chi connectivity index (χ0) is 12.5. The first-order valence-electron chi connectivity index (χ1n) is 6.20. The Labute approximate surface area is 107 Å². The summed E-state index contributed by atoms with van der Waals surface area (Å²) in [5, 5.41) is 9.99. The lowest BCUT2D eigenvalue weighted by Crippen LogP contribution is -2.20. The molecule has 0 aromatic carbocycles. The van der Waals surface area contributed by atoms with Crippen molar-refractivity contribution >= 4 is 16.7 Å². The van der Waals surface area contributed by atoms with E-state index < -0.39 is 0 Å². The number of hydrogen-bond acceptors (Lipinski definition) is 5. The van der Waals surface area contributed by atoms with E-state index in [-0.39, 0.29) is 5.41 Å². The molecule has 1 saturated heterocycles. The van der Waals surface area contributed by atoms with Crippen molar-refractivity contribution in [2.24, 2.45) is 5.92 Å². The SMILES string of the molecule is CC(C)(C)c1nsc(N2CCC(CCO)C2)n1. The normalized spacial score (nSPS) is 21.2. The Morgan fingerprint density at radius 3 is 2.82 bits per heavy atom. The molecule has 1 aromatic rings. The summed E-state index contributed by atoms with van der Waals surface area (Å²) in [4.78, 5) is 6.93. The van der Waals surface area contributed by atoms with Crippen LogP contribution in [0.4, 0.5) is 5.13 Å². The van der Waals surface area contributed by atoms with Crippen molar-refractivity contribution in [3.05, 3.63) is 5.82 Å². The average Bonchev–Trinajstić information content (AvgIpc) is 2.82. The summed E-state index contributed by atoms with van der Waals surface area (Å²) in [7, 11) is 0. The van der Waals surface area contributed by atoms with E-state index in [1.165, 1.54) is 11.5 Å². The number of anilines is 1. The zero-order valence-corrected chi connectivity index (χ0v) is 11.6. The summed E-state index contributed by atoms with van der Waals surface area (Å²) >= 11 is 1.50. The van der Waals surface area contributed by atoms with Crippen molar-refractivity contribution in [2.45, 2.75) is 39.0 Å². The van der Waals surface area contributed by atoms with E-state index in [9.17, 15) is 0 Å². The maximum absolute atomic E-state index is 8.95. The summed E-state index contributed by atoms with van der Waals surface area (Å²) in [6.07, 6.45) is 2.06. The van der Waals surface area contributed by atoms with Gasteiger partial charge in [0.2, 0.25) is 5.13 Å². The van der Waals surface area contributed by atoms with Gasteiger partial charge in [0.05, 0.1) is 0 Å². The van der Waals surface area contributed by atoms with E-state index in [0.29, 0.717) is 12.5 Å². The van der Waals surface area contributed by atoms with Gasteiger partial charge >= 0.3 is 0 Å². The molecule has 0 aliphatic carbocycles. The van der Waals surface area contributed by atoms with Crippen LogP contribution in [-0.4, -0.2) is 34.2 Å². The van der Waals surface area contributed by atoms with Crippen LogP contribution in [-0.2, 0) is 5.41 Å². The molecular formula is C12H21N3OS. The zero-order valence-electron chi connectivity index (χ0n) is 10.8. The molecule has 1 aliphatic rings. The van der Waals surface area contributed by atoms with Gasteiger partial charge in [-0.3, -0.25) is 0 Å². The van der Waals surface area contributed by atoms with Crippen molar-refractivity contribution in [1.29, 1.82) is 0 Å². The summed E-state index contributed by atoms with van der Waals surface area (Å²) in [5.74, 6) is 1.55. The molecule has 4 nitrogen and oxygen atoms in total. The highest BCUT2D eigenvalue weighted by molar-refractivity contribution is 7.09. The van der Waals surface area contributed by atoms with Crippen molar-refractivity contribution < 1.29 is 5.11 Å². The molecule has 1 fully saturated rings. The van der Waals surface area contributed by atoms with E-state index >= 15 is 0 Å². The van der Waals surface area contributed by atoms with Crippen LogP contribution in [0.3, 0.4) is 0 Å². The second-order valence-electron chi connectivity index (χ2n) is 5.76. The predicted octanol–water partition coefficient (Wildman–Crippen LogP) is 2.04. The number of nitrogens with zero attached hydrogens (tertiary/aromatic N) is 3. The van der Waals surface area contributed by atoms with Crippen LogP contribution in [0.15, 0.2) is 0 Å². The van der Waals surface area contributed by atoms with Gasteiger partial charge in [0, 0.05) is 36.6 Å². The molecule has 0 amide bonds. The molecule has 2 heterocycles. The monoisotopic (exact) mass is 255 g/mol. The minimum atomic E-state index is 0.0268. The Balaban J connectivity index is 2.02. The van der Waals surface area contributed by atoms with Crippen LogP contribution in [0.5, 0.6) is 0 Å². The first-order chi connectivity index (χ1) is 8.00. The fraction of sp³-hybridized carbons (Fsp3) is 0.833. The Hall–Kier alpha value is -0.680. The lowest BCUT2D eigenvalue weighted by atomic mass is 9.96. The third-order valence-corrected chi connectivity index (χ3v) is 3.96. The van der Waals surface area contributed by atoms with Gasteiger partial charge in [-0.15, -0.1) is 0 Å². The summed E-state index contributed by atoms with van der Waals surface area (Å²) < 4.78 is 4.44. The van der Waals surface area contributed by atoms with Crippen LogP contribution in [0.1, 0.15) is 39.4 Å². The first kappa shape index (κ1) is 12.8. The van der Waals surface area contributed by atoms with E-state index in [1.54, 1.807) is 0 Å². The van der Waals surface area contributed by atoms with E-state index in [4.69, 9.17) is 5.11 Å². The summed E-state index contributed by atoms with van der Waals surface area (Å²) in [5.41, 5.74) is 0.0268. The number of rotatable bonds is 3. The average molecular weight is 255 g/mol. The van der Waals surface area contributed by atoms with Crippen LogP contribution in [0.25, 0.3) is 0 Å². The molecule has 1 aliphatic heterocycles. The molecule has 0 saturated carbocycles. The molecule has 1 atom stereocenters. The molecule has 5 heteroatoms. The topological polar surface area (TPSA) is 49.2 Å². The van der Waals surface area contributed by atoms with E-state index in [2.05, 4.69) is 35.0 Å². The Bertz CT molecular complexity index is 372. The van der Waals surface area contributed by atoms with Gasteiger partial charge in [-0.05, 0) is 18.8 Å². The van der Waals surface area contributed by atoms with Crippen LogP contribution in [0.2, 0.25) is 0 Å². The third-order valence-electron chi connectivity index (χ3n) is 3.18. The van der Waals surface area contributed by atoms with E-state index in [0.717, 1.165) is 36.9 Å². The van der Waals surface area contributed by atoms with Gasteiger partial charge in [0.25, 0.3) is 0 Å². The van der Waals surface area contributed by atoms with Gasteiger partial charge in [0.1, 0.15) is 5.82 Å². The van der Waals surface area contributed by atoms with Gasteiger partial charge in [-0.1, -0.05) is 20.8 Å². The number of aliphatic hydroxyl groups excluding tert-OH is 1. The second-order valence-corrected chi connectivity index (χ2v) is 6.49. The lowest BCUT2D eigenvalue weighted by Gasteiger charge is -2.15. The summed E-state index contributed by atoms with van der Waals surface area (Å²) in [6.45, 7) is 8.76. The molecule has 0 bridgehead atoms. The predicted molar refractivity (Wildman–Crippen MR) is 70.6 cm³/mol. The molecule has 17 heavy (non-hydrogen) atoms. The maximum atomic E-state index is 8.95.